The molecular formula is C15H18N6O2. The van der Waals surface area contributed by atoms with Crippen LogP contribution in [0.4, 0.5) is 17.5 Å². The van der Waals surface area contributed by atoms with Crippen molar-refractivity contribution in [3.05, 3.63) is 24.5 Å². The monoisotopic (exact) mass is 314 g/mol. The fourth-order valence-corrected chi connectivity index (χ4v) is 2.33. The van der Waals surface area contributed by atoms with E-state index in [4.69, 9.17) is 10.5 Å². The number of nitrogens with one attached hydrogen (secondary N) is 1. The molecule has 2 aromatic heterocycles. The molecule has 0 saturated carbocycles. The lowest BCUT2D eigenvalue weighted by Crippen LogP contribution is -2.37. The summed E-state index contributed by atoms with van der Waals surface area (Å²) >= 11 is 0. The van der Waals surface area contributed by atoms with Crippen LogP contribution >= 0.6 is 0 Å². The number of rotatable bonds is 3. The minimum atomic E-state index is -0.183. The number of nitrogen functional groups attached to an aromatic ring is 1. The van der Waals surface area contributed by atoms with Gasteiger partial charge in [0.15, 0.2) is 0 Å². The van der Waals surface area contributed by atoms with Gasteiger partial charge in [0.25, 0.3) is 0 Å². The van der Waals surface area contributed by atoms with E-state index in [1.54, 1.807) is 18.5 Å². The number of morpholine rings is 1. The van der Waals surface area contributed by atoms with E-state index in [1.807, 2.05) is 6.07 Å². The van der Waals surface area contributed by atoms with Crippen LogP contribution in [0.3, 0.4) is 0 Å². The smallest absolute Gasteiger partial charge is 0.226 e. The first-order chi connectivity index (χ1) is 11.1. The van der Waals surface area contributed by atoms with E-state index in [0.29, 0.717) is 36.4 Å². The molecular weight excluding hydrogens is 296 g/mol. The van der Waals surface area contributed by atoms with E-state index in [2.05, 4.69) is 25.2 Å². The number of pyridine rings is 1. The molecule has 0 bridgehead atoms. The molecule has 8 heteroatoms. The molecule has 8 nitrogen and oxygen atoms in total. The number of carbonyl (C=O) groups is 1. The fraction of sp³-hybridized carbons (Fsp3) is 0.333. The Balaban J connectivity index is 2.00. The number of nitrogens with zero attached hydrogens (tertiary/aromatic N) is 4. The maximum Gasteiger partial charge on any atom is 0.226 e. The van der Waals surface area contributed by atoms with Crippen LogP contribution in [-0.4, -0.2) is 47.2 Å². The highest BCUT2D eigenvalue weighted by atomic mass is 16.5. The summed E-state index contributed by atoms with van der Waals surface area (Å²) in [6.07, 6.45) is 3.25. The van der Waals surface area contributed by atoms with Gasteiger partial charge >= 0.3 is 0 Å². The van der Waals surface area contributed by atoms with Crippen molar-refractivity contribution in [2.24, 2.45) is 0 Å². The Labute approximate surface area is 133 Å². The second kappa shape index (κ2) is 6.57. The van der Waals surface area contributed by atoms with Crippen molar-refractivity contribution in [3.63, 3.8) is 0 Å². The second-order valence-corrected chi connectivity index (χ2v) is 5.18. The van der Waals surface area contributed by atoms with Gasteiger partial charge in [-0.05, 0) is 12.1 Å². The average molecular weight is 314 g/mol. The van der Waals surface area contributed by atoms with E-state index >= 15 is 0 Å². The maximum absolute atomic E-state index is 11.4. The molecule has 1 aliphatic rings. The molecule has 0 unspecified atom stereocenters. The summed E-state index contributed by atoms with van der Waals surface area (Å²) in [5.41, 5.74) is 7.56. The number of amides is 1. The molecule has 0 aliphatic carbocycles. The van der Waals surface area contributed by atoms with E-state index < -0.39 is 0 Å². The summed E-state index contributed by atoms with van der Waals surface area (Å²) in [5.74, 6) is 0.851. The lowest BCUT2D eigenvalue weighted by molar-refractivity contribution is -0.114. The highest BCUT2D eigenvalue weighted by molar-refractivity contribution is 5.93. The van der Waals surface area contributed by atoms with Gasteiger partial charge in [0.2, 0.25) is 11.9 Å². The molecule has 120 valence electrons. The van der Waals surface area contributed by atoms with Crippen LogP contribution in [0.15, 0.2) is 24.5 Å². The summed E-state index contributed by atoms with van der Waals surface area (Å²) in [5, 5.41) is 2.75. The minimum absolute atomic E-state index is 0.183. The fourth-order valence-electron chi connectivity index (χ4n) is 2.33. The number of ether oxygens (including phenoxy) is 1. The molecule has 1 fully saturated rings. The Morgan fingerprint density at radius 2 is 2.04 bits per heavy atom. The standard InChI is InChI=1S/C15H18N6O2/c1-10(22)19-12-9-18-15(21-4-6-23-7-5-21)20-14(12)11-2-3-13(16)17-8-11/h2-3,8-9H,4-7H2,1H3,(H2,16,17)(H,19,22). The van der Waals surface area contributed by atoms with Gasteiger partial charge in [-0.3, -0.25) is 4.79 Å². The van der Waals surface area contributed by atoms with Gasteiger partial charge in [-0.2, -0.15) is 0 Å². The number of carbonyl (C=O) groups excluding carboxylic acids is 1. The SMILES string of the molecule is CC(=O)Nc1cnc(N2CCOCC2)nc1-c1ccc(N)nc1. The Kier molecular flexibility index (Phi) is 4.33. The summed E-state index contributed by atoms with van der Waals surface area (Å²) in [6, 6.07) is 3.52. The first-order valence-electron chi connectivity index (χ1n) is 7.33. The second-order valence-electron chi connectivity index (χ2n) is 5.18. The van der Waals surface area contributed by atoms with Crippen molar-refractivity contribution in [1.29, 1.82) is 0 Å². The Bertz CT molecular complexity index is 698. The van der Waals surface area contributed by atoms with E-state index in [-0.39, 0.29) is 5.91 Å². The quantitative estimate of drug-likeness (QED) is 0.867. The number of aromatic nitrogens is 3. The van der Waals surface area contributed by atoms with Gasteiger partial charge in [0.05, 0.1) is 25.1 Å². The van der Waals surface area contributed by atoms with Crippen molar-refractivity contribution in [2.75, 3.05) is 42.3 Å². The molecule has 3 heterocycles. The molecule has 3 rings (SSSR count). The predicted molar refractivity (Wildman–Crippen MR) is 87.0 cm³/mol. The van der Waals surface area contributed by atoms with Crippen molar-refractivity contribution in [1.82, 2.24) is 15.0 Å². The molecule has 3 N–H and O–H groups in total. The van der Waals surface area contributed by atoms with Crippen LogP contribution < -0.4 is 16.0 Å². The third kappa shape index (κ3) is 3.54. The Hall–Kier alpha value is -2.74. The van der Waals surface area contributed by atoms with Gasteiger partial charge in [0, 0.05) is 31.8 Å². The molecule has 0 aromatic carbocycles. The lowest BCUT2D eigenvalue weighted by Gasteiger charge is -2.27. The van der Waals surface area contributed by atoms with Gasteiger partial charge in [-0.15, -0.1) is 0 Å². The van der Waals surface area contributed by atoms with E-state index in [1.165, 1.54) is 6.92 Å². The van der Waals surface area contributed by atoms with Crippen LogP contribution in [0.2, 0.25) is 0 Å². The molecule has 1 amide bonds. The third-order valence-corrected chi connectivity index (χ3v) is 3.44. The first-order valence-corrected chi connectivity index (χ1v) is 7.33. The van der Waals surface area contributed by atoms with Gasteiger partial charge in [-0.25, -0.2) is 15.0 Å². The third-order valence-electron chi connectivity index (χ3n) is 3.44. The molecule has 1 aliphatic heterocycles. The summed E-state index contributed by atoms with van der Waals surface area (Å²) < 4.78 is 5.35. The van der Waals surface area contributed by atoms with Crippen LogP contribution in [0.5, 0.6) is 0 Å². The number of hydrogen-bond acceptors (Lipinski definition) is 7. The van der Waals surface area contributed by atoms with Crippen molar-refractivity contribution < 1.29 is 9.53 Å². The molecule has 2 aromatic rings. The zero-order chi connectivity index (χ0) is 16.2. The van der Waals surface area contributed by atoms with E-state index in [9.17, 15) is 4.79 Å². The molecule has 0 atom stereocenters. The highest BCUT2D eigenvalue weighted by Gasteiger charge is 2.17. The Morgan fingerprint density at radius 1 is 1.26 bits per heavy atom. The topological polar surface area (TPSA) is 106 Å². The minimum Gasteiger partial charge on any atom is -0.384 e. The van der Waals surface area contributed by atoms with Crippen LogP contribution in [-0.2, 0) is 9.53 Å². The van der Waals surface area contributed by atoms with Gasteiger partial charge < -0.3 is 20.7 Å². The van der Waals surface area contributed by atoms with Crippen LogP contribution in [0, 0.1) is 0 Å². The maximum atomic E-state index is 11.4. The predicted octanol–water partition coefficient (Wildman–Crippen LogP) is 0.916. The van der Waals surface area contributed by atoms with Crippen molar-refractivity contribution in [2.45, 2.75) is 6.92 Å². The molecule has 0 spiro atoms. The van der Waals surface area contributed by atoms with Crippen LogP contribution in [0.1, 0.15) is 6.92 Å². The summed E-state index contributed by atoms with van der Waals surface area (Å²) in [4.78, 5) is 26.5. The molecule has 0 radical (unpaired) electrons. The number of hydrogen-bond donors (Lipinski definition) is 2. The highest BCUT2D eigenvalue weighted by Crippen LogP contribution is 2.27. The summed E-state index contributed by atoms with van der Waals surface area (Å²) in [6.45, 7) is 4.21. The molecule has 1 saturated heterocycles. The first kappa shape index (κ1) is 15.2. The molecule has 23 heavy (non-hydrogen) atoms. The average Bonchev–Trinajstić information content (AvgIpc) is 2.56. The lowest BCUT2D eigenvalue weighted by atomic mass is 10.1. The largest absolute Gasteiger partial charge is 0.384 e. The number of nitrogens with two attached hydrogens (primary N) is 1. The van der Waals surface area contributed by atoms with Gasteiger partial charge in [0.1, 0.15) is 11.5 Å². The zero-order valence-corrected chi connectivity index (χ0v) is 12.8. The van der Waals surface area contributed by atoms with Crippen molar-refractivity contribution >= 4 is 23.4 Å². The normalized spacial score (nSPS) is 14.6. The number of anilines is 3. The Morgan fingerprint density at radius 3 is 2.70 bits per heavy atom. The van der Waals surface area contributed by atoms with Crippen LogP contribution in [0.25, 0.3) is 11.3 Å². The zero-order valence-electron chi connectivity index (χ0n) is 12.8. The van der Waals surface area contributed by atoms with Gasteiger partial charge in [-0.1, -0.05) is 0 Å². The van der Waals surface area contributed by atoms with Crippen molar-refractivity contribution in [3.8, 4) is 11.3 Å². The van der Waals surface area contributed by atoms with E-state index in [0.717, 1.165) is 18.7 Å². The summed E-state index contributed by atoms with van der Waals surface area (Å²) in [7, 11) is 0.